The van der Waals surface area contributed by atoms with Gasteiger partial charge in [0.15, 0.2) is 0 Å². The molecule has 1 fully saturated rings. The van der Waals surface area contributed by atoms with Gasteiger partial charge in [0.05, 0.1) is 31.2 Å². The maximum absolute atomic E-state index is 14.1. The van der Waals surface area contributed by atoms with Crippen LogP contribution in [0.1, 0.15) is 24.0 Å². The van der Waals surface area contributed by atoms with Crippen molar-refractivity contribution < 1.29 is 13.9 Å². The van der Waals surface area contributed by atoms with Crippen LogP contribution in [0.15, 0.2) is 53.6 Å². The molecule has 4 nitrogen and oxygen atoms in total. The van der Waals surface area contributed by atoms with E-state index in [2.05, 4.69) is 10.5 Å². The summed E-state index contributed by atoms with van der Waals surface area (Å²) in [5, 5.41) is 4.11. The summed E-state index contributed by atoms with van der Waals surface area (Å²) in [5.41, 5.74) is 5.02. The van der Waals surface area contributed by atoms with Crippen LogP contribution >= 0.6 is 0 Å². The number of halogens is 1. The third kappa shape index (κ3) is 4.88. The Kier molecular flexibility index (Phi) is 5.93. The molecule has 0 bridgehead atoms. The van der Waals surface area contributed by atoms with Crippen LogP contribution in [0.3, 0.4) is 0 Å². The van der Waals surface area contributed by atoms with Gasteiger partial charge in [0.1, 0.15) is 5.82 Å². The summed E-state index contributed by atoms with van der Waals surface area (Å²) in [6, 6.07) is 14.6. The van der Waals surface area contributed by atoms with Crippen LogP contribution < -0.4 is 5.43 Å². The van der Waals surface area contributed by atoms with Crippen molar-refractivity contribution in [3.05, 3.63) is 65.5 Å². The Hall–Kier alpha value is -2.24. The van der Waals surface area contributed by atoms with E-state index in [0.717, 1.165) is 25.1 Å². The second-order valence-corrected chi connectivity index (χ2v) is 5.74. The monoisotopic (exact) mass is 328 g/mol. The van der Waals surface area contributed by atoms with Gasteiger partial charge in [0.25, 0.3) is 0 Å². The lowest BCUT2D eigenvalue weighted by atomic mass is 10.1. The average molecular weight is 328 g/mol. The maximum Gasteiger partial charge on any atom is 0.129 e. The van der Waals surface area contributed by atoms with Crippen molar-refractivity contribution in [1.82, 2.24) is 0 Å². The summed E-state index contributed by atoms with van der Waals surface area (Å²) in [5.74, 6) is -0.286. The van der Waals surface area contributed by atoms with Crippen molar-refractivity contribution in [3.63, 3.8) is 0 Å². The van der Waals surface area contributed by atoms with E-state index in [1.165, 1.54) is 6.07 Å². The molecule has 1 aliphatic heterocycles. The summed E-state index contributed by atoms with van der Waals surface area (Å²) < 4.78 is 25.1. The highest BCUT2D eigenvalue weighted by Gasteiger charge is 2.15. The molecule has 126 valence electrons. The van der Waals surface area contributed by atoms with Crippen LogP contribution in [-0.4, -0.2) is 25.5 Å². The molecule has 2 aromatic carbocycles. The van der Waals surface area contributed by atoms with E-state index in [-0.39, 0.29) is 18.5 Å². The Morgan fingerprint density at radius 3 is 2.88 bits per heavy atom. The van der Waals surface area contributed by atoms with Crippen LogP contribution in [0.25, 0.3) is 0 Å². The van der Waals surface area contributed by atoms with Crippen molar-refractivity contribution in [1.29, 1.82) is 0 Å². The first-order valence-electron chi connectivity index (χ1n) is 8.13. The summed E-state index contributed by atoms with van der Waals surface area (Å²) in [6.07, 6.45) is 3.84. The van der Waals surface area contributed by atoms with Crippen LogP contribution in [0.4, 0.5) is 10.1 Å². The summed E-state index contributed by atoms with van der Waals surface area (Å²) in [7, 11) is 0. The predicted molar refractivity (Wildman–Crippen MR) is 92.7 cm³/mol. The predicted octanol–water partition coefficient (Wildman–Crippen LogP) is 3.97. The molecule has 0 saturated carbocycles. The number of benzene rings is 2. The molecule has 1 atom stereocenters. The molecule has 0 spiro atoms. The summed E-state index contributed by atoms with van der Waals surface area (Å²) in [6.45, 7) is 1.57. The van der Waals surface area contributed by atoms with E-state index < -0.39 is 0 Å². The SMILES string of the molecule is Fc1cc(C=NNc2ccccc2)ccc1COCC1CCCO1. The highest BCUT2D eigenvalue weighted by Crippen LogP contribution is 2.15. The van der Waals surface area contributed by atoms with E-state index in [1.54, 1.807) is 12.3 Å². The average Bonchev–Trinajstić information content (AvgIpc) is 3.11. The van der Waals surface area contributed by atoms with E-state index in [1.807, 2.05) is 36.4 Å². The maximum atomic E-state index is 14.1. The van der Waals surface area contributed by atoms with Gasteiger partial charge >= 0.3 is 0 Å². The van der Waals surface area contributed by atoms with Crippen molar-refractivity contribution in [2.45, 2.75) is 25.6 Å². The number of hydrazone groups is 1. The standard InChI is InChI=1S/C19H21FN2O2/c20-19-11-15(12-21-22-17-5-2-1-3-6-17)8-9-16(19)13-23-14-18-7-4-10-24-18/h1-3,5-6,8-9,11-12,18,22H,4,7,10,13-14H2. The number of ether oxygens (including phenoxy) is 2. The lowest BCUT2D eigenvalue weighted by Gasteiger charge is -2.10. The first-order chi connectivity index (χ1) is 11.8. The lowest BCUT2D eigenvalue weighted by molar-refractivity contribution is 0.00982. The van der Waals surface area contributed by atoms with Gasteiger partial charge in [-0.15, -0.1) is 0 Å². The zero-order valence-corrected chi connectivity index (χ0v) is 13.5. The van der Waals surface area contributed by atoms with E-state index >= 15 is 0 Å². The fourth-order valence-corrected chi connectivity index (χ4v) is 2.53. The van der Waals surface area contributed by atoms with E-state index in [9.17, 15) is 4.39 Å². The molecule has 1 N–H and O–H groups in total. The van der Waals surface area contributed by atoms with Crippen molar-refractivity contribution in [3.8, 4) is 0 Å². The first kappa shape index (κ1) is 16.6. The van der Waals surface area contributed by atoms with E-state index in [0.29, 0.717) is 17.7 Å². The number of para-hydroxylation sites is 1. The molecule has 3 rings (SSSR count). The Labute approximate surface area is 141 Å². The first-order valence-corrected chi connectivity index (χ1v) is 8.13. The van der Waals surface area contributed by atoms with Gasteiger partial charge < -0.3 is 9.47 Å². The molecule has 24 heavy (non-hydrogen) atoms. The van der Waals surface area contributed by atoms with Crippen molar-refractivity contribution in [2.75, 3.05) is 18.6 Å². The molecule has 1 unspecified atom stereocenters. The number of rotatable bonds is 7. The number of hydrogen-bond donors (Lipinski definition) is 1. The van der Waals surface area contributed by atoms with Crippen LogP contribution in [0.2, 0.25) is 0 Å². The molecule has 2 aromatic rings. The van der Waals surface area contributed by atoms with Crippen LogP contribution in [0, 0.1) is 5.82 Å². The number of anilines is 1. The van der Waals surface area contributed by atoms with Gasteiger partial charge in [-0.05, 0) is 36.6 Å². The number of nitrogens with one attached hydrogen (secondary N) is 1. The molecular weight excluding hydrogens is 307 g/mol. The molecule has 0 amide bonds. The largest absolute Gasteiger partial charge is 0.376 e. The quantitative estimate of drug-likeness (QED) is 0.618. The second kappa shape index (κ2) is 8.57. The zero-order chi connectivity index (χ0) is 16.6. The van der Waals surface area contributed by atoms with Gasteiger partial charge in [-0.1, -0.05) is 30.3 Å². The normalized spacial score (nSPS) is 17.5. The lowest BCUT2D eigenvalue weighted by Crippen LogP contribution is -2.14. The Balaban J connectivity index is 1.50. The Bertz CT molecular complexity index is 670. The van der Waals surface area contributed by atoms with Gasteiger partial charge in [-0.2, -0.15) is 5.10 Å². The highest BCUT2D eigenvalue weighted by molar-refractivity contribution is 5.80. The zero-order valence-electron chi connectivity index (χ0n) is 13.5. The molecule has 1 saturated heterocycles. The molecule has 5 heteroatoms. The highest BCUT2D eigenvalue weighted by atomic mass is 19.1. The van der Waals surface area contributed by atoms with Gasteiger partial charge in [-0.25, -0.2) is 4.39 Å². The smallest absolute Gasteiger partial charge is 0.129 e. The minimum Gasteiger partial charge on any atom is -0.376 e. The molecule has 0 radical (unpaired) electrons. The minimum atomic E-state index is -0.286. The number of nitrogens with zero attached hydrogens (tertiary/aromatic N) is 1. The molecule has 1 heterocycles. The third-order valence-corrected chi connectivity index (χ3v) is 3.84. The third-order valence-electron chi connectivity index (χ3n) is 3.84. The fourth-order valence-electron chi connectivity index (χ4n) is 2.53. The molecule has 0 aliphatic carbocycles. The van der Waals surface area contributed by atoms with Gasteiger partial charge in [0, 0.05) is 12.2 Å². The van der Waals surface area contributed by atoms with Gasteiger partial charge in [0.2, 0.25) is 0 Å². The topological polar surface area (TPSA) is 42.9 Å². The molecule has 1 aliphatic rings. The van der Waals surface area contributed by atoms with Crippen LogP contribution in [0.5, 0.6) is 0 Å². The Morgan fingerprint density at radius 1 is 1.25 bits per heavy atom. The van der Waals surface area contributed by atoms with Crippen molar-refractivity contribution in [2.24, 2.45) is 5.10 Å². The van der Waals surface area contributed by atoms with Gasteiger partial charge in [-0.3, -0.25) is 5.43 Å². The second-order valence-electron chi connectivity index (χ2n) is 5.74. The van der Waals surface area contributed by atoms with Crippen molar-refractivity contribution >= 4 is 11.9 Å². The summed E-state index contributed by atoms with van der Waals surface area (Å²) >= 11 is 0. The number of hydrogen-bond acceptors (Lipinski definition) is 4. The Morgan fingerprint density at radius 2 is 2.12 bits per heavy atom. The summed E-state index contributed by atoms with van der Waals surface area (Å²) in [4.78, 5) is 0. The fraction of sp³-hybridized carbons (Fsp3) is 0.316. The minimum absolute atomic E-state index is 0.156. The van der Waals surface area contributed by atoms with Crippen LogP contribution in [-0.2, 0) is 16.1 Å². The molecular formula is C19H21FN2O2. The van der Waals surface area contributed by atoms with E-state index in [4.69, 9.17) is 9.47 Å². The molecule has 0 aromatic heterocycles.